The highest BCUT2D eigenvalue weighted by atomic mass is 16.4. The van der Waals surface area contributed by atoms with Crippen molar-refractivity contribution in [2.24, 2.45) is 69.8 Å². The molecule has 0 aromatic heterocycles. The van der Waals surface area contributed by atoms with Gasteiger partial charge in [-0.3, -0.25) is 9.59 Å². The number of aliphatic hydroxyl groups excluding tert-OH is 4. The summed E-state index contributed by atoms with van der Waals surface area (Å²) in [6.07, 6.45) is 1.92. The van der Waals surface area contributed by atoms with Crippen molar-refractivity contribution < 1.29 is 35.1 Å². The minimum atomic E-state index is -2.20. The fourth-order valence-electron chi connectivity index (χ4n) is 11.1. The zero-order chi connectivity index (χ0) is 29.5. The van der Waals surface area contributed by atoms with Gasteiger partial charge in [0.1, 0.15) is 11.4 Å². The molecule has 5 aliphatic rings. The number of aliphatic hydroxyl groups is 5. The van der Waals surface area contributed by atoms with E-state index in [2.05, 4.69) is 20.8 Å². The number of hydrogen-bond donors (Lipinski definition) is 6. The zero-order valence-electron chi connectivity index (χ0n) is 25.0. The van der Waals surface area contributed by atoms with Crippen LogP contribution in [-0.2, 0) is 9.59 Å². The number of carbonyl (C=O) groups excluding carboxylic acids is 2. The maximum atomic E-state index is 14.6. The van der Waals surface area contributed by atoms with Crippen molar-refractivity contribution in [3.8, 4) is 0 Å². The molecule has 0 aromatic carbocycles. The van der Waals surface area contributed by atoms with Crippen LogP contribution in [0.25, 0.3) is 0 Å². The number of fused-ring (bicyclic) bond motifs is 3. The lowest BCUT2D eigenvalue weighted by molar-refractivity contribution is -0.308. The van der Waals surface area contributed by atoms with E-state index < -0.39 is 64.5 Å². The number of amides is 1. The molecule has 0 bridgehead atoms. The fraction of sp³-hybridized carbons (Fsp3) is 0.938. The van der Waals surface area contributed by atoms with E-state index >= 15 is 0 Å². The first kappa shape index (κ1) is 30.4. The summed E-state index contributed by atoms with van der Waals surface area (Å²) in [5, 5.41) is 58.0. The van der Waals surface area contributed by atoms with Gasteiger partial charge in [-0.1, -0.05) is 53.9 Å². The predicted octanol–water partition coefficient (Wildman–Crippen LogP) is 2.41. The smallest absolute Gasteiger partial charge is 0.225 e. The minimum Gasteiger partial charge on any atom is -0.392 e. The van der Waals surface area contributed by atoms with Crippen LogP contribution in [0.4, 0.5) is 0 Å². The Hall–Kier alpha value is -1.06. The minimum absolute atomic E-state index is 0.0193. The van der Waals surface area contributed by atoms with Gasteiger partial charge in [0.25, 0.3) is 0 Å². The quantitative estimate of drug-likeness (QED) is 0.306. The molecule has 0 spiro atoms. The van der Waals surface area contributed by atoms with Crippen LogP contribution >= 0.6 is 0 Å². The Morgan fingerprint density at radius 1 is 1.00 bits per heavy atom. The zero-order valence-corrected chi connectivity index (χ0v) is 25.0. The van der Waals surface area contributed by atoms with Crippen molar-refractivity contribution in [2.45, 2.75) is 122 Å². The van der Waals surface area contributed by atoms with Crippen molar-refractivity contribution >= 4 is 11.7 Å². The largest absolute Gasteiger partial charge is 0.392 e. The van der Waals surface area contributed by atoms with Gasteiger partial charge >= 0.3 is 0 Å². The van der Waals surface area contributed by atoms with Crippen LogP contribution < -0.4 is 5.73 Å². The van der Waals surface area contributed by atoms with E-state index in [-0.39, 0.29) is 30.0 Å². The number of hydrogen-bond acceptors (Lipinski definition) is 7. The number of rotatable bonds is 4. The summed E-state index contributed by atoms with van der Waals surface area (Å²) in [7, 11) is 0. The van der Waals surface area contributed by atoms with Crippen LogP contribution in [0.5, 0.6) is 0 Å². The van der Waals surface area contributed by atoms with Crippen molar-refractivity contribution in [3.05, 3.63) is 0 Å². The average Bonchev–Trinajstić information content (AvgIpc) is 2.85. The molecular formula is C32H53NO7. The van der Waals surface area contributed by atoms with Gasteiger partial charge < -0.3 is 31.3 Å². The molecule has 5 aliphatic carbocycles. The second-order valence-electron chi connectivity index (χ2n) is 15.6. The van der Waals surface area contributed by atoms with Gasteiger partial charge in [0.2, 0.25) is 5.91 Å². The topological polar surface area (TPSA) is 161 Å². The summed E-state index contributed by atoms with van der Waals surface area (Å²) in [6.45, 7) is 10.4. The molecule has 228 valence electrons. The van der Waals surface area contributed by atoms with E-state index in [1.54, 1.807) is 6.92 Å². The van der Waals surface area contributed by atoms with Crippen LogP contribution in [0.1, 0.15) is 92.4 Å². The van der Waals surface area contributed by atoms with E-state index in [4.69, 9.17) is 5.73 Å². The normalized spacial score (nSPS) is 54.8. The van der Waals surface area contributed by atoms with Gasteiger partial charge in [-0.2, -0.15) is 0 Å². The first-order valence-corrected chi connectivity index (χ1v) is 15.9. The van der Waals surface area contributed by atoms with Crippen molar-refractivity contribution in [1.29, 1.82) is 0 Å². The first-order chi connectivity index (χ1) is 18.6. The molecule has 0 heterocycles. The molecule has 7 N–H and O–H groups in total. The molecule has 1 amide bonds. The molecule has 5 saturated carbocycles. The maximum absolute atomic E-state index is 14.6. The Bertz CT molecular complexity index is 996. The second kappa shape index (κ2) is 10.3. The lowest BCUT2D eigenvalue weighted by Gasteiger charge is -2.67. The number of ketones is 1. The summed E-state index contributed by atoms with van der Waals surface area (Å²) in [6, 6.07) is 0. The van der Waals surface area contributed by atoms with Gasteiger partial charge in [0, 0.05) is 11.3 Å². The van der Waals surface area contributed by atoms with Crippen LogP contribution in [0, 0.1) is 64.1 Å². The van der Waals surface area contributed by atoms with Crippen LogP contribution in [0.3, 0.4) is 0 Å². The Balaban J connectivity index is 1.51. The Kier molecular flexibility index (Phi) is 7.82. The van der Waals surface area contributed by atoms with Gasteiger partial charge in [0.15, 0.2) is 0 Å². The SMILES string of the molecule is CCC1CCC(C2CC(C(C)C)C3C[C@@]4(C)C[C@@]5(C)CC(O)C(C(N)=O)C(O)[C@@]5(O)C(O)C4C(=O)C3C2O)CC1. The molecule has 0 aromatic rings. The highest BCUT2D eigenvalue weighted by Crippen LogP contribution is 2.67. The maximum Gasteiger partial charge on any atom is 0.225 e. The lowest BCUT2D eigenvalue weighted by atomic mass is 9.39. The number of primary amides is 1. The number of nitrogens with two attached hydrogens (primary N) is 1. The molecule has 40 heavy (non-hydrogen) atoms. The third kappa shape index (κ3) is 4.25. The molecular weight excluding hydrogens is 510 g/mol. The van der Waals surface area contributed by atoms with Gasteiger partial charge in [-0.25, -0.2) is 0 Å². The number of Topliss-reactive ketones (excluding diaryl/α,β-unsaturated/α-hetero) is 1. The van der Waals surface area contributed by atoms with Crippen LogP contribution in [0.2, 0.25) is 0 Å². The van der Waals surface area contributed by atoms with E-state index in [0.29, 0.717) is 24.7 Å². The molecule has 13 atom stereocenters. The summed E-state index contributed by atoms with van der Waals surface area (Å²) in [4.78, 5) is 26.7. The summed E-state index contributed by atoms with van der Waals surface area (Å²) >= 11 is 0. The molecule has 10 unspecified atom stereocenters. The molecule has 5 rings (SSSR count). The first-order valence-electron chi connectivity index (χ1n) is 15.9. The van der Waals surface area contributed by atoms with Crippen LogP contribution in [0.15, 0.2) is 0 Å². The molecule has 0 radical (unpaired) electrons. The van der Waals surface area contributed by atoms with Gasteiger partial charge in [-0.05, 0) is 79.4 Å². The monoisotopic (exact) mass is 563 g/mol. The standard InChI is InChI=1S/C32H53NO7/c1-6-16-7-9-17(10-8-16)19-11-18(15(2)3)20-12-30(4)14-31(5)13-21(34)23(29(33)39)27(37)32(31,40)28(38)24(30)26(36)22(20)25(19)35/h15-25,27-28,34-35,37-38,40H,6-14H2,1-5H3,(H2,33,39)/t16?,17?,18?,19?,20?,21?,22?,23?,24?,25?,27?,28?,30-,31+,32+/m0/s1. The third-order valence-corrected chi connectivity index (χ3v) is 13.1. The lowest BCUT2D eigenvalue weighted by Crippen LogP contribution is -2.78. The Labute approximate surface area is 239 Å². The van der Waals surface area contributed by atoms with Gasteiger partial charge in [0.05, 0.1) is 36.3 Å². The highest BCUT2D eigenvalue weighted by Gasteiger charge is 2.74. The Morgan fingerprint density at radius 3 is 2.17 bits per heavy atom. The van der Waals surface area contributed by atoms with Gasteiger partial charge in [-0.15, -0.1) is 0 Å². The summed E-state index contributed by atoms with van der Waals surface area (Å²) in [5.41, 5.74) is 1.46. The van der Waals surface area contributed by atoms with E-state index in [9.17, 15) is 35.1 Å². The van der Waals surface area contributed by atoms with E-state index in [1.165, 1.54) is 6.42 Å². The molecule has 8 heteroatoms. The molecule has 8 nitrogen and oxygen atoms in total. The van der Waals surface area contributed by atoms with E-state index in [1.807, 2.05) is 6.92 Å². The average molecular weight is 564 g/mol. The molecule has 0 aliphatic heterocycles. The second-order valence-corrected chi connectivity index (χ2v) is 15.6. The summed E-state index contributed by atoms with van der Waals surface area (Å²) < 4.78 is 0. The van der Waals surface area contributed by atoms with Crippen molar-refractivity contribution in [1.82, 2.24) is 0 Å². The van der Waals surface area contributed by atoms with Crippen molar-refractivity contribution in [2.75, 3.05) is 0 Å². The highest BCUT2D eigenvalue weighted by molar-refractivity contribution is 5.87. The summed E-state index contributed by atoms with van der Waals surface area (Å²) in [5.74, 6) is -2.55. The molecule has 0 saturated heterocycles. The predicted molar refractivity (Wildman–Crippen MR) is 149 cm³/mol. The fourth-order valence-corrected chi connectivity index (χ4v) is 11.1. The van der Waals surface area contributed by atoms with Crippen molar-refractivity contribution in [3.63, 3.8) is 0 Å². The Morgan fingerprint density at radius 2 is 1.62 bits per heavy atom. The molecule has 5 fully saturated rings. The van der Waals surface area contributed by atoms with Crippen LogP contribution in [-0.4, -0.2) is 67.2 Å². The number of carbonyl (C=O) groups is 2. The third-order valence-electron chi connectivity index (χ3n) is 13.1. The van der Waals surface area contributed by atoms with E-state index in [0.717, 1.165) is 38.0 Å².